The fraction of sp³-hybridized carbons (Fsp3) is 0.667. The Balaban J connectivity index is 2.23. The van der Waals surface area contributed by atoms with Crippen molar-refractivity contribution >= 4 is 0 Å². The Morgan fingerprint density at radius 2 is 1.75 bits per heavy atom. The summed E-state index contributed by atoms with van der Waals surface area (Å²) in [6.07, 6.45) is 0. The van der Waals surface area contributed by atoms with Crippen molar-refractivity contribution in [3.05, 3.63) is 11.1 Å². The Labute approximate surface area is 49.0 Å². The SMILES string of the molecule is C1[N]CC2=C1CNC2. The first kappa shape index (κ1) is 4.53. The number of hydrogen-bond acceptors (Lipinski definition) is 1. The third-order valence-corrected chi connectivity index (χ3v) is 1.78. The number of rotatable bonds is 0. The van der Waals surface area contributed by atoms with Crippen LogP contribution in [0.4, 0.5) is 0 Å². The van der Waals surface area contributed by atoms with Crippen molar-refractivity contribution in [2.24, 2.45) is 0 Å². The molecule has 0 unspecified atom stereocenters. The van der Waals surface area contributed by atoms with Gasteiger partial charge in [-0.25, -0.2) is 5.32 Å². The molecule has 0 aromatic rings. The van der Waals surface area contributed by atoms with Gasteiger partial charge >= 0.3 is 0 Å². The van der Waals surface area contributed by atoms with Crippen molar-refractivity contribution in [3.63, 3.8) is 0 Å². The minimum atomic E-state index is 1.00. The van der Waals surface area contributed by atoms with Gasteiger partial charge in [0.25, 0.3) is 0 Å². The molecular formula is C6H9N2. The molecule has 0 saturated heterocycles. The van der Waals surface area contributed by atoms with Crippen molar-refractivity contribution in [1.82, 2.24) is 10.6 Å². The van der Waals surface area contributed by atoms with Gasteiger partial charge < -0.3 is 5.32 Å². The predicted molar refractivity (Wildman–Crippen MR) is 31.8 cm³/mol. The summed E-state index contributed by atoms with van der Waals surface area (Å²) in [5, 5.41) is 7.54. The standard InChI is InChI=1S/C6H9N2/c1-5-2-8-4-6(5)3-7-1/h7H,1-4H2. The van der Waals surface area contributed by atoms with Gasteiger partial charge in [0.2, 0.25) is 0 Å². The van der Waals surface area contributed by atoms with Crippen LogP contribution in [-0.2, 0) is 0 Å². The van der Waals surface area contributed by atoms with Gasteiger partial charge in [-0.15, -0.1) is 0 Å². The smallest absolute Gasteiger partial charge is 0.0363 e. The molecule has 2 heteroatoms. The number of nitrogens with one attached hydrogen (secondary N) is 1. The molecular weight excluding hydrogens is 100 g/mol. The number of nitrogens with zero attached hydrogens (tertiary/aromatic N) is 1. The summed E-state index contributed by atoms with van der Waals surface area (Å²) in [6.45, 7) is 4.20. The van der Waals surface area contributed by atoms with Gasteiger partial charge in [-0.1, -0.05) is 0 Å². The Morgan fingerprint density at radius 1 is 1.12 bits per heavy atom. The highest BCUT2D eigenvalue weighted by molar-refractivity contribution is 5.28. The van der Waals surface area contributed by atoms with Crippen molar-refractivity contribution in [1.29, 1.82) is 0 Å². The van der Waals surface area contributed by atoms with Crippen molar-refractivity contribution in [2.75, 3.05) is 26.2 Å². The zero-order chi connectivity index (χ0) is 5.40. The van der Waals surface area contributed by atoms with Crippen LogP contribution in [0, 0.1) is 0 Å². The molecule has 2 aliphatic heterocycles. The lowest BCUT2D eigenvalue weighted by molar-refractivity contribution is 0.751. The molecule has 0 fully saturated rings. The van der Waals surface area contributed by atoms with E-state index in [4.69, 9.17) is 0 Å². The minimum absolute atomic E-state index is 1.00. The molecule has 1 radical (unpaired) electrons. The first-order valence-electron chi connectivity index (χ1n) is 3.00. The average Bonchev–Trinajstić information content (AvgIpc) is 2.15. The third-order valence-electron chi connectivity index (χ3n) is 1.78. The molecule has 2 rings (SSSR count). The van der Waals surface area contributed by atoms with E-state index >= 15 is 0 Å². The predicted octanol–water partition coefficient (Wildman–Crippen LogP) is -0.496. The molecule has 0 amide bonds. The summed E-state index contributed by atoms with van der Waals surface area (Å²) >= 11 is 0. The maximum Gasteiger partial charge on any atom is 0.0363 e. The molecule has 1 N–H and O–H groups in total. The topological polar surface area (TPSA) is 26.1 Å². The summed E-state index contributed by atoms with van der Waals surface area (Å²) in [7, 11) is 0. The Kier molecular flexibility index (Phi) is 0.889. The van der Waals surface area contributed by atoms with E-state index in [1.165, 1.54) is 0 Å². The molecule has 2 aliphatic rings. The Hall–Kier alpha value is -0.340. The van der Waals surface area contributed by atoms with E-state index in [-0.39, 0.29) is 0 Å². The molecule has 0 atom stereocenters. The van der Waals surface area contributed by atoms with Crippen molar-refractivity contribution in [2.45, 2.75) is 0 Å². The van der Waals surface area contributed by atoms with Crippen LogP contribution in [0.5, 0.6) is 0 Å². The molecule has 0 bridgehead atoms. The lowest BCUT2D eigenvalue weighted by atomic mass is 10.2. The fourth-order valence-corrected chi connectivity index (χ4v) is 1.28. The second-order valence-electron chi connectivity index (χ2n) is 2.35. The van der Waals surface area contributed by atoms with Crippen molar-refractivity contribution in [3.8, 4) is 0 Å². The Bertz CT molecular complexity index is 109. The average molecular weight is 109 g/mol. The molecule has 2 nitrogen and oxygen atoms in total. The summed E-state index contributed by atoms with van der Waals surface area (Å²) < 4.78 is 0. The van der Waals surface area contributed by atoms with Gasteiger partial charge in [0.1, 0.15) is 0 Å². The largest absolute Gasteiger partial charge is 0.309 e. The summed E-state index contributed by atoms with van der Waals surface area (Å²) in [6, 6.07) is 0. The molecule has 0 spiro atoms. The monoisotopic (exact) mass is 109 g/mol. The third kappa shape index (κ3) is 0.501. The highest BCUT2D eigenvalue weighted by atomic mass is 15.0. The van der Waals surface area contributed by atoms with Gasteiger partial charge in [0.05, 0.1) is 0 Å². The molecule has 2 heterocycles. The lowest BCUT2D eigenvalue weighted by Crippen LogP contribution is -2.16. The van der Waals surface area contributed by atoms with E-state index in [1.54, 1.807) is 11.1 Å². The Morgan fingerprint density at radius 3 is 2.38 bits per heavy atom. The van der Waals surface area contributed by atoms with Crippen LogP contribution in [0.15, 0.2) is 11.1 Å². The second-order valence-corrected chi connectivity index (χ2v) is 2.35. The van der Waals surface area contributed by atoms with Crippen LogP contribution >= 0.6 is 0 Å². The van der Waals surface area contributed by atoms with Gasteiger partial charge in [-0.2, -0.15) is 0 Å². The van der Waals surface area contributed by atoms with Crippen LogP contribution < -0.4 is 10.6 Å². The zero-order valence-corrected chi connectivity index (χ0v) is 4.78. The van der Waals surface area contributed by atoms with E-state index < -0.39 is 0 Å². The lowest BCUT2D eigenvalue weighted by Gasteiger charge is -1.94. The van der Waals surface area contributed by atoms with Gasteiger partial charge in [0.15, 0.2) is 0 Å². The molecule has 8 heavy (non-hydrogen) atoms. The second kappa shape index (κ2) is 1.57. The molecule has 0 aromatic carbocycles. The molecule has 0 aliphatic carbocycles. The van der Waals surface area contributed by atoms with Crippen LogP contribution in [0.3, 0.4) is 0 Å². The van der Waals surface area contributed by atoms with Gasteiger partial charge in [-0.05, 0) is 11.1 Å². The maximum atomic E-state index is 4.25. The first-order valence-corrected chi connectivity index (χ1v) is 3.00. The van der Waals surface area contributed by atoms with Crippen molar-refractivity contribution < 1.29 is 0 Å². The quantitative estimate of drug-likeness (QED) is 0.417. The van der Waals surface area contributed by atoms with E-state index in [1.807, 2.05) is 0 Å². The number of hydrogen-bond donors (Lipinski definition) is 1. The van der Waals surface area contributed by atoms with Gasteiger partial charge in [0, 0.05) is 26.2 Å². The normalized spacial score (nSPS) is 27.0. The van der Waals surface area contributed by atoms with Crippen LogP contribution in [0.2, 0.25) is 0 Å². The summed E-state index contributed by atoms with van der Waals surface area (Å²) in [5.74, 6) is 0. The molecule has 0 saturated carbocycles. The highest BCUT2D eigenvalue weighted by Crippen LogP contribution is 2.13. The summed E-state index contributed by atoms with van der Waals surface area (Å²) in [5.41, 5.74) is 3.09. The molecule has 43 valence electrons. The highest BCUT2D eigenvalue weighted by Gasteiger charge is 2.18. The van der Waals surface area contributed by atoms with Crippen LogP contribution in [-0.4, -0.2) is 26.2 Å². The fourth-order valence-electron chi connectivity index (χ4n) is 1.28. The first-order chi connectivity index (χ1) is 3.97. The van der Waals surface area contributed by atoms with E-state index in [9.17, 15) is 0 Å². The van der Waals surface area contributed by atoms with E-state index in [0.717, 1.165) is 26.2 Å². The minimum Gasteiger partial charge on any atom is -0.309 e. The van der Waals surface area contributed by atoms with E-state index in [2.05, 4.69) is 10.6 Å². The van der Waals surface area contributed by atoms with Crippen LogP contribution in [0.25, 0.3) is 0 Å². The zero-order valence-electron chi connectivity index (χ0n) is 4.78. The van der Waals surface area contributed by atoms with Crippen LogP contribution in [0.1, 0.15) is 0 Å². The van der Waals surface area contributed by atoms with E-state index in [0.29, 0.717) is 0 Å². The maximum absolute atomic E-state index is 4.25. The summed E-state index contributed by atoms with van der Waals surface area (Å²) in [4.78, 5) is 0. The van der Waals surface area contributed by atoms with Gasteiger partial charge in [-0.3, -0.25) is 0 Å². The molecule has 0 aromatic heterocycles.